The minimum Gasteiger partial charge on any atom is -0.236 e. The zero-order valence-corrected chi connectivity index (χ0v) is 14.7. The van der Waals surface area contributed by atoms with Crippen molar-refractivity contribution in [1.82, 2.24) is 9.97 Å². The molecule has 0 bridgehead atoms. The van der Waals surface area contributed by atoms with Gasteiger partial charge in [0.05, 0.1) is 11.4 Å². The van der Waals surface area contributed by atoms with E-state index in [4.69, 9.17) is 0 Å². The molecule has 3 aromatic rings. The van der Waals surface area contributed by atoms with Crippen molar-refractivity contribution in [3.05, 3.63) is 72.1 Å². The van der Waals surface area contributed by atoms with Gasteiger partial charge in [-0.3, -0.25) is 0 Å². The smallest absolute Gasteiger partial charge is 0.116 e. The molecule has 0 aliphatic rings. The Kier molecular flexibility index (Phi) is 5.05. The molecule has 0 spiro atoms. The van der Waals surface area contributed by atoms with E-state index in [9.17, 15) is 0 Å². The molecule has 0 saturated carbocycles. The number of hydrogen-bond donors (Lipinski definition) is 0. The molecule has 0 aliphatic heterocycles. The third-order valence-corrected chi connectivity index (χ3v) is 4.34. The molecule has 0 radical (unpaired) electrons. The summed E-state index contributed by atoms with van der Waals surface area (Å²) in [7, 11) is 0. The van der Waals surface area contributed by atoms with E-state index in [1.165, 1.54) is 23.1 Å². The van der Waals surface area contributed by atoms with Crippen molar-refractivity contribution < 1.29 is 0 Å². The predicted octanol–water partition coefficient (Wildman–Crippen LogP) is 5.71. The molecule has 2 heteroatoms. The molecule has 0 unspecified atom stereocenters. The molecular weight excluding hydrogens is 292 g/mol. The second-order valence-corrected chi connectivity index (χ2v) is 6.70. The molecular formula is C22H24N2. The van der Waals surface area contributed by atoms with Gasteiger partial charge in [0.15, 0.2) is 0 Å². The standard InChI is InChI=1S/C22H24N2/c1-16(2)12-13-19-11-7-8-17(3)22(19)21-14-20(23-15-24-21)18-9-5-4-6-10-18/h4-11,14-16H,12-13H2,1-3H3. The van der Waals surface area contributed by atoms with Gasteiger partial charge >= 0.3 is 0 Å². The van der Waals surface area contributed by atoms with E-state index < -0.39 is 0 Å². The Morgan fingerprint density at radius 3 is 2.38 bits per heavy atom. The molecule has 3 rings (SSSR count). The predicted molar refractivity (Wildman–Crippen MR) is 101 cm³/mol. The molecule has 0 aliphatic carbocycles. The molecule has 2 nitrogen and oxygen atoms in total. The highest BCUT2D eigenvalue weighted by Crippen LogP contribution is 2.29. The van der Waals surface area contributed by atoms with E-state index in [-0.39, 0.29) is 0 Å². The Balaban J connectivity index is 2.03. The van der Waals surface area contributed by atoms with Gasteiger partial charge in [-0.05, 0) is 42.9 Å². The van der Waals surface area contributed by atoms with Gasteiger partial charge in [-0.25, -0.2) is 9.97 Å². The maximum atomic E-state index is 4.57. The summed E-state index contributed by atoms with van der Waals surface area (Å²) in [6.07, 6.45) is 3.95. The van der Waals surface area contributed by atoms with Crippen LogP contribution in [0.3, 0.4) is 0 Å². The number of aryl methyl sites for hydroxylation is 2. The van der Waals surface area contributed by atoms with Gasteiger partial charge in [0, 0.05) is 11.1 Å². The van der Waals surface area contributed by atoms with Gasteiger partial charge in [0.25, 0.3) is 0 Å². The van der Waals surface area contributed by atoms with Crippen LogP contribution < -0.4 is 0 Å². The maximum absolute atomic E-state index is 4.57. The lowest BCUT2D eigenvalue weighted by Gasteiger charge is -2.14. The van der Waals surface area contributed by atoms with Crippen LogP contribution in [0.1, 0.15) is 31.4 Å². The van der Waals surface area contributed by atoms with Crippen molar-refractivity contribution in [2.75, 3.05) is 0 Å². The molecule has 1 aromatic heterocycles. The Hall–Kier alpha value is -2.48. The summed E-state index contributed by atoms with van der Waals surface area (Å²) in [5.41, 5.74) is 7.02. The summed E-state index contributed by atoms with van der Waals surface area (Å²) in [4.78, 5) is 9.03. The number of aromatic nitrogens is 2. The maximum Gasteiger partial charge on any atom is 0.116 e. The van der Waals surface area contributed by atoms with Crippen LogP contribution in [0.4, 0.5) is 0 Å². The molecule has 0 amide bonds. The molecule has 1 heterocycles. The Labute approximate surface area is 144 Å². The van der Waals surface area contributed by atoms with Crippen LogP contribution in [0.2, 0.25) is 0 Å². The van der Waals surface area contributed by atoms with E-state index in [1.54, 1.807) is 6.33 Å². The minimum absolute atomic E-state index is 0.698. The average molecular weight is 316 g/mol. The third-order valence-electron chi connectivity index (χ3n) is 4.34. The van der Waals surface area contributed by atoms with Gasteiger partial charge in [-0.2, -0.15) is 0 Å². The summed E-state index contributed by atoms with van der Waals surface area (Å²) in [5, 5.41) is 0. The van der Waals surface area contributed by atoms with Gasteiger partial charge in [-0.1, -0.05) is 62.4 Å². The number of rotatable bonds is 5. The first-order valence-corrected chi connectivity index (χ1v) is 8.61. The highest BCUT2D eigenvalue weighted by molar-refractivity contribution is 5.72. The SMILES string of the molecule is Cc1cccc(CCC(C)C)c1-c1cc(-c2ccccc2)ncn1. The van der Waals surface area contributed by atoms with Crippen LogP contribution in [0.15, 0.2) is 60.9 Å². The van der Waals surface area contributed by atoms with Gasteiger partial charge in [0.2, 0.25) is 0 Å². The molecule has 2 aromatic carbocycles. The van der Waals surface area contributed by atoms with E-state index >= 15 is 0 Å². The Morgan fingerprint density at radius 2 is 1.62 bits per heavy atom. The van der Waals surface area contributed by atoms with E-state index in [1.807, 2.05) is 18.2 Å². The van der Waals surface area contributed by atoms with Crippen molar-refractivity contribution in [3.63, 3.8) is 0 Å². The fraction of sp³-hybridized carbons (Fsp3) is 0.273. The zero-order chi connectivity index (χ0) is 16.9. The monoisotopic (exact) mass is 316 g/mol. The summed E-state index contributed by atoms with van der Waals surface area (Å²) < 4.78 is 0. The first-order valence-electron chi connectivity index (χ1n) is 8.61. The molecule has 24 heavy (non-hydrogen) atoms. The normalized spacial score (nSPS) is 11.0. The number of hydrogen-bond acceptors (Lipinski definition) is 2. The summed E-state index contributed by atoms with van der Waals surface area (Å²) >= 11 is 0. The fourth-order valence-corrected chi connectivity index (χ4v) is 3.01. The van der Waals surface area contributed by atoms with E-state index in [2.05, 4.69) is 67.1 Å². The van der Waals surface area contributed by atoms with Gasteiger partial charge in [-0.15, -0.1) is 0 Å². The molecule has 0 N–H and O–H groups in total. The van der Waals surface area contributed by atoms with E-state index in [0.717, 1.165) is 23.4 Å². The lowest BCUT2D eigenvalue weighted by molar-refractivity contribution is 0.587. The summed E-state index contributed by atoms with van der Waals surface area (Å²) in [6.45, 7) is 6.71. The summed E-state index contributed by atoms with van der Waals surface area (Å²) in [6, 6.07) is 18.9. The van der Waals surface area contributed by atoms with Crippen LogP contribution >= 0.6 is 0 Å². The fourth-order valence-electron chi connectivity index (χ4n) is 3.01. The quantitative estimate of drug-likeness (QED) is 0.602. The van der Waals surface area contributed by atoms with Gasteiger partial charge in [0.1, 0.15) is 6.33 Å². The van der Waals surface area contributed by atoms with Crippen molar-refractivity contribution in [3.8, 4) is 22.5 Å². The highest BCUT2D eigenvalue weighted by Gasteiger charge is 2.11. The lowest BCUT2D eigenvalue weighted by Crippen LogP contribution is -1.99. The molecule has 122 valence electrons. The number of benzene rings is 2. The second-order valence-electron chi connectivity index (χ2n) is 6.70. The second kappa shape index (κ2) is 7.39. The molecule has 0 saturated heterocycles. The van der Waals surface area contributed by atoms with Crippen molar-refractivity contribution in [2.45, 2.75) is 33.6 Å². The highest BCUT2D eigenvalue weighted by atomic mass is 14.8. The van der Waals surface area contributed by atoms with Crippen molar-refractivity contribution >= 4 is 0 Å². The summed E-state index contributed by atoms with van der Waals surface area (Å²) in [5.74, 6) is 0.698. The van der Waals surface area contributed by atoms with Crippen LogP contribution in [-0.2, 0) is 6.42 Å². The van der Waals surface area contributed by atoms with Crippen LogP contribution in [0.5, 0.6) is 0 Å². The zero-order valence-electron chi connectivity index (χ0n) is 14.7. The third kappa shape index (κ3) is 3.70. The average Bonchev–Trinajstić information content (AvgIpc) is 2.61. The van der Waals surface area contributed by atoms with Crippen molar-refractivity contribution in [2.24, 2.45) is 5.92 Å². The Bertz CT molecular complexity index is 807. The topological polar surface area (TPSA) is 25.8 Å². The molecule has 0 atom stereocenters. The lowest BCUT2D eigenvalue weighted by atomic mass is 9.93. The Morgan fingerprint density at radius 1 is 0.875 bits per heavy atom. The van der Waals surface area contributed by atoms with Crippen LogP contribution in [-0.4, -0.2) is 9.97 Å². The van der Waals surface area contributed by atoms with Gasteiger partial charge < -0.3 is 0 Å². The first kappa shape index (κ1) is 16.4. The molecule has 0 fully saturated rings. The first-order chi connectivity index (χ1) is 11.6. The largest absolute Gasteiger partial charge is 0.236 e. The van der Waals surface area contributed by atoms with E-state index in [0.29, 0.717) is 5.92 Å². The minimum atomic E-state index is 0.698. The van der Waals surface area contributed by atoms with Crippen molar-refractivity contribution in [1.29, 1.82) is 0 Å². The van der Waals surface area contributed by atoms with Crippen LogP contribution in [0, 0.1) is 12.8 Å². The van der Waals surface area contributed by atoms with Crippen LogP contribution in [0.25, 0.3) is 22.5 Å². The number of nitrogens with zero attached hydrogens (tertiary/aromatic N) is 2.